The van der Waals surface area contributed by atoms with Gasteiger partial charge in [-0.25, -0.2) is 9.18 Å². The van der Waals surface area contributed by atoms with E-state index < -0.39 is 18.0 Å². The van der Waals surface area contributed by atoms with Gasteiger partial charge in [-0.1, -0.05) is 11.6 Å². The number of benzene rings is 1. The molecule has 2 N–H and O–H groups in total. The van der Waals surface area contributed by atoms with Gasteiger partial charge < -0.3 is 15.2 Å². The molecule has 7 heteroatoms. The fourth-order valence-electron chi connectivity index (χ4n) is 1.43. The van der Waals surface area contributed by atoms with Crippen molar-refractivity contribution in [3.05, 3.63) is 26.0 Å². The molecule has 4 nitrogen and oxygen atoms in total. The van der Waals surface area contributed by atoms with Crippen molar-refractivity contribution in [1.82, 2.24) is 0 Å². The number of ether oxygens (including phenoxy) is 2. The summed E-state index contributed by atoms with van der Waals surface area (Å²) in [5, 5.41) is -0.0576. The Hall–Kier alpha value is -0.760. The Morgan fingerprint density at radius 2 is 2.28 bits per heavy atom. The summed E-state index contributed by atoms with van der Waals surface area (Å²) >= 11 is 7.56. The van der Waals surface area contributed by atoms with Gasteiger partial charge in [0.15, 0.2) is 5.82 Å². The molecule has 1 aromatic rings. The Bertz CT molecular complexity index is 470. The van der Waals surface area contributed by atoms with E-state index in [0.717, 1.165) is 0 Å². The molecule has 100 valence electrons. The fraction of sp³-hybridized carbons (Fsp3) is 0.364. The minimum Gasteiger partial charge on any atom is -0.492 e. The third kappa shape index (κ3) is 3.38. The Morgan fingerprint density at radius 3 is 2.78 bits per heavy atom. The summed E-state index contributed by atoms with van der Waals surface area (Å²) in [7, 11) is 0. The second-order valence-electron chi connectivity index (χ2n) is 3.42. The van der Waals surface area contributed by atoms with Crippen molar-refractivity contribution < 1.29 is 18.7 Å². The lowest BCUT2D eigenvalue weighted by Gasteiger charge is -2.18. The summed E-state index contributed by atoms with van der Waals surface area (Å²) < 4.78 is 24.1. The number of carbonyl (C=O) groups excluding carboxylic acids is 1. The number of carbonyl (C=O) groups is 1. The maximum Gasteiger partial charge on any atom is 0.405 e. The zero-order valence-corrected chi connectivity index (χ0v) is 12.7. The first-order valence-corrected chi connectivity index (χ1v) is 6.60. The largest absolute Gasteiger partial charge is 0.492 e. The van der Waals surface area contributed by atoms with Crippen LogP contribution < -0.4 is 10.5 Å². The third-order valence-electron chi connectivity index (χ3n) is 2.17. The molecule has 1 unspecified atom stereocenters. The lowest BCUT2D eigenvalue weighted by atomic mass is 10.1. The van der Waals surface area contributed by atoms with E-state index in [0.29, 0.717) is 17.9 Å². The van der Waals surface area contributed by atoms with Crippen molar-refractivity contribution in [3.8, 4) is 5.75 Å². The van der Waals surface area contributed by atoms with Crippen LogP contribution in [-0.4, -0.2) is 12.7 Å². The van der Waals surface area contributed by atoms with E-state index in [-0.39, 0.29) is 8.59 Å². The quantitative estimate of drug-likeness (QED) is 0.634. The smallest absolute Gasteiger partial charge is 0.405 e. The predicted molar refractivity (Wildman–Crippen MR) is 74.4 cm³/mol. The summed E-state index contributed by atoms with van der Waals surface area (Å²) in [5.74, 6) is -0.246. The lowest BCUT2D eigenvalue weighted by Crippen LogP contribution is -2.16. The molecule has 0 fully saturated rings. The number of amides is 1. The average molecular weight is 388 g/mol. The lowest BCUT2D eigenvalue weighted by molar-refractivity contribution is 0.114. The topological polar surface area (TPSA) is 61.6 Å². The van der Waals surface area contributed by atoms with Crippen LogP contribution in [0.15, 0.2) is 6.07 Å². The summed E-state index contributed by atoms with van der Waals surface area (Å²) in [6.07, 6.45) is -1.59. The van der Waals surface area contributed by atoms with Crippen molar-refractivity contribution in [1.29, 1.82) is 0 Å². The zero-order chi connectivity index (χ0) is 13.9. The van der Waals surface area contributed by atoms with Crippen LogP contribution in [0.1, 0.15) is 25.5 Å². The third-order valence-corrected chi connectivity index (χ3v) is 3.40. The van der Waals surface area contributed by atoms with Crippen LogP contribution in [-0.2, 0) is 4.74 Å². The Balaban J connectivity index is 3.27. The molecule has 18 heavy (non-hydrogen) atoms. The maximum absolute atomic E-state index is 13.7. The highest BCUT2D eigenvalue weighted by Crippen LogP contribution is 2.37. The normalized spacial score (nSPS) is 12.1. The molecule has 0 aromatic heterocycles. The molecule has 1 atom stereocenters. The van der Waals surface area contributed by atoms with Gasteiger partial charge in [0.1, 0.15) is 11.9 Å². The second kappa shape index (κ2) is 6.42. The van der Waals surface area contributed by atoms with E-state index in [1.165, 1.54) is 6.07 Å². The number of hydrogen-bond donors (Lipinski definition) is 1. The fourth-order valence-corrected chi connectivity index (χ4v) is 2.56. The molecule has 1 amide bonds. The van der Waals surface area contributed by atoms with Crippen LogP contribution >= 0.6 is 34.2 Å². The van der Waals surface area contributed by atoms with Gasteiger partial charge in [-0.3, -0.25) is 0 Å². The minimum atomic E-state index is -0.916. The summed E-state index contributed by atoms with van der Waals surface area (Å²) in [6, 6.07) is 1.37. The minimum absolute atomic E-state index is 0.0576. The first kappa shape index (κ1) is 15.3. The van der Waals surface area contributed by atoms with E-state index in [2.05, 4.69) is 0 Å². The van der Waals surface area contributed by atoms with E-state index in [4.69, 9.17) is 26.8 Å². The maximum atomic E-state index is 13.7. The van der Waals surface area contributed by atoms with E-state index in [1.807, 2.05) is 0 Å². The summed E-state index contributed by atoms with van der Waals surface area (Å²) in [5.41, 5.74) is 5.43. The molecule has 0 aliphatic carbocycles. The zero-order valence-electron chi connectivity index (χ0n) is 9.80. The van der Waals surface area contributed by atoms with Gasteiger partial charge in [-0.05, 0) is 42.5 Å². The van der Waals surface area contributed by atoms with Crippen molar-refractivity contribution in [3.63, 3.8) is 0 Å². The molecular formula is C11H12ClFINO3. The van der Waals surface area contributed by atoms with E-state index in [9.17, 15) is 9.18 Å². The Labute approximate surface area is 123 Å². The van der Waals surface area contributed by atoms with E-state index >= 15 is 0 Å². The van der Waals surface area contributed by atoms with Gasteiger partial charge in [-0.2, -0.15) is 0 Å². The highest BCUT2D eigenvalue weighted by atomic mass is 127. The molecule has 0 aliphatic heterocycles. The molecule has 0 saturated carbocycles. The molecule has 1 aromatic carbocycles. The van der Waals surface area contributed by atoms with Gasteiger partial charge >= 0.3 is 6.09 Å². The van der Waals surface area contributed by atoms with Crippen LogP contribution in [0.5, 0.6) is 5.75 Å². The van der Waals surface area contributed by atoms with Gasteiger partial charge in [0, 0.05) is 5.56 Å². The molecule has 1 rings (SSSR count). The van der Waals surface area contributed by atoms with Gasteiger partial charge in [0.2, 0.25) is 0 Å². The van der Waals surface area contributed by atoms with Crippen molar-refractivity contribution in [2.75, 3.05) is 6.61 Å². The molecule has 0 saturated heterocycles. The highest BCUT2D eigenvalue weighted by Gasteiger charge is 2.22. The Kier molecular flexibility index (Phi) is 5.46. The van der Waals surface area contributed by atoms with Crippen LogP contribution in [0.3, 0.4) is 0 Å². The second-order valence-corrected chi connectivity index (χ2v) is 4.90. The van der Waals surface area contributed by atoms with Crippen molar-refractivity contribution in [2.24, 2.45) is 5.73 Å². The molecule has 0 aliphatic rings. The van der Waals surface area contributed by atoms with Gasteiger partial charge in [0.05, 0.1) is 15.2 Å². The molecular weight excluding hydrogens is 375 g/mol. The van der Waals surface area contributed by atoms with Gasteiger partial charge in [0.25, 0.3) is 0 Å². The molecule has 0 spiro atoms. The van der Waals surface area contributed by atoms with Crippen molar-refractivity contribution >= 4 is 40.3 Å². The van der Waals surface area contributed by atoms with Crippen LogP contribution in [0, 0.1) is 9.39 Å². The first-order chi connectivity index (χ1) is 8.38. The van der Waals surface area contributed by atoms with Gasteiger partial charge in [-0.15, -0.1) is 0 Å². The monoisotopic (exact) mass is 387 g/mol. The Morgan fingerprint density at radius 1 is 1.67 bits per heavy atom. The standard InChI is InChI=1S/C11H12ClFINO3/c1-3-17-10-6(5(2)18-11(15)16)4-7(12)8(13)9(10)14/h4-5H,3H2,1-2H3,(H2,15,16). The van der Waals surface area contributed by atoms with Crippen LogP contribution in [0.4, 0.5) is 9.18 Å². The van der Waals surface area contributed by atoms with E-state index in [1.54, 1.807) is 36.4 Å². The average Bonchev–Trinajstić information content (AvgIpc) is 2.28. The predicted octanol–water partition coefficient (Wildman–Crippen LogP) is 3.64. The molecule has 0 bridgehead atoms. The molecule has 0 heterocycles. The molecule has 0 radical (unpaired) electrons. The number of nitrogens with two attached hydrogens (primary N) is 1. The van der Waals surface area contributed by atoms with Crippen LogP contribution in [0.2, 0.25) is 5.02 Å². The summed E-state index contributed by atoms with van der Waals surface area (Å²) in [4.78, 5) is 10.7. The highest BCUT2D eigenvalue weighted by molar-refractivity contribution is 14.1. The van der Waals surface area contributed by atoms with Crippen LogP contribution in [0.25, 0.3) is 0 Å². The number of rotatable bonds is 4. The summed E-state index contributed by atoms with van der Waals surface area (Å²) in [6.45, 7) is 3.73. The van der Waals surface area contributed by atoms with Crippen molar-refractivity contribution in [2.45, 2.75) is 20.0 Å². The number of halogens is 3. The first-order valence-electron chi connectivity index (χ1n) is 5.14. The number of primary amides is 1. The number of hydrogen-bond acceptors (Lipinski definition) is 3. The SMILES string of the molecule is CCOc1c(C(C)OC(N)=O)cc(Cl)c(F)c1I.